The molecule has 0 radical (unpaired) electrons. The highest BCUT2D eigenvalue weighted by atomic mass is 16.3. The second-order valence-corrected chi connectivity index (χ2v) is 5.09. The van der Waals surface area contributed by atoms with E-state index in [1.54, 1.807) is 0 Å². The molecule has 1 atom stereocenters. The van der Waals surface area contributed by atoms with Crippen LogP contribution in [0.2, 0.25) is 0 Å². The molecule has 1 unspecified atom stereocenters. The van der Waals surface area contributed by atoms with E-state index in [1.807, 2.05) is 19.2 Å². The number of aliphatic hydroxyl groups excluding tert-OH is 2. The van der Waals surface area contributed by atoms with Crippen LogP contribution in [0.25, 0.3) is 0 Å². The maximum Gasteiger partial charge on any atom is 0.0650 e. The van der Waals surface area contributed by atoms with Crippen LogP contribution in [0.3, 0.4) is 0 Å². The molecule has 0 aliphatic heterocycles. The molecule has 1 aliphatic carbocycles. The first kappa shape index (κ1) is 13.5. The zero-order chi connectivity index (χ0) is 13.0. The van der Waals surface area contributed by atoms with Gasteiger partial charge in [0.2, 0.25) is 0 Å². The molecule has 0 saturated heterocycles. The molecule has 100 valence electrons. The lowest BCUT2D eigenvalue weighted by atomic mass is 9.88. The molecule has 0 aromatic carbocycles. The van der Waals surface area contributed by atoms with Crippen molar-refractivity contribution < 1.29 is 10.2 Å². The van der Waals surface area contributed by atoms with Gasteiger partial charge in [-0.15, -0.1) is 0 Å². The van der Waals surface area contributed by atoms with Gasteiger partial charge in [-0.05, 0) is 37.3 Å². The van der Waals surface area contributed by atoms with Crippen LogP contribution in [0.5, 0.6) is 0 Å². The number of aryl methyl sites for hydroxylation is 1. The van der Waals surface area contributed by atoms with Gasteiger partial charge in [0.1, 0.15) is 0 Å². The molecule has 0 fully saturated rings. The van der Waals surface area contributed by atoms with Crippen LogP contribution in [-0.4, -0.2) is 33.9 Å². The predicted octanol–water partition coefficient (Wildman–Crippen LogP) is 1.18. The number of aromatic nitrogens is 1. The summed E-state index contributed by atoms with van der Waals surface area (Å²) in [6.07, 6.45) is 5.69. The van der Waals surface area contributed by atoms with E-state index >= 15 is 0 Å². The lowest BCUT2D eigenvalue weighted by Gasteiger charge is -2.36. The first-order valence-electron chi connectivity index (χ1n) is 6.68. The summed E-state index contributed by atoms with van der Waals surface area (Å²) < 4.78 is 0. The van der Waals surface area contributed by atoms with Crippen LogP contribution in [-0.2, 0) is 6.42 Å². The molecule has 4 nitrogen and oxygen atoms in total. The van der Waals surface area contributed by atoms with Crippen molar-refractivity contribution in [3.05, 3.63) is 29.6 Å². The van der Waals surface area contributed by atoms with Gasteiger partial charge in [0, 0.05) is 6.20 Å². The number of hydrogen-bond acceptors (Lipinski definition) is 4. The second kappa shape index (κ2) is 5.78. The first-order valence-corrected chi connectivity index (χ1v) is 6.68. The summed E-state index contributed by atoms with van der Waals surface area (Å²) in [5.41, 5.74) is 1.75. The molecule has 1 heterocycles. The number of hydrogen-bond donors (Lipinski definition) is 3. The monoisotopic (exact) mass is 250 g/mol. The number of nitrogens with one attached hydrogen (secondary N) is 1. The lowest BCUT2D eigenvalue weighted by Crippen LogP contribution is -2.53. The summed E-state index contributed by atoms with van der Waals surface area (Å²) >= 11 is 0. The summed E-state index contributed by atoms with van der Waals surface area (Å²) in [4.78, 5) is 4.46. The number of rotatable bonds is 5. The molecular formula is C14H22N2O2. The van der Waals surface area contributed by atoms with Crippen LogP contribution < -0.4 is 5.32 Å². The third-order valence-corrected chi connectivity index (χ3v) is 3.96. The van der Waals surface area contributed by atoms with E-state index in [0.717, 1.165) is 25.0 Å². The zero-order valence-corrected chi connectivity index (χ0v) is 10.9. The highest BCUT2D eigenvalue weighted by molar-refractivity contribution is 5.25. The maximum atomic E-state index is 9.51. The molecule has 4 heteroatoms. The van der Waals surface area contributed by atoms with Crippen molar-refractivity contribution >= 4 is 0 Å². The number of aliphatic hydroxyl groups is 2. The van der Waals surface area contributed by atoms with E-state index < -0.39 is 5.54 Å². The van der Waals surface area contributed by atoms with Gasteiger partial charge < -0.3 is 10.2 Å². The fourth-order valence-electron chi connectivity index (χ4n) is 2.59. The average Bonchev–Trinajstić information content (AvgIpc) is 2.45. The van der Waals surface area contributed by atoms with Crippen molar-refractivity contribution in [3.8, 4) is 0 Å². The van der Waals surface area contributed by atoms with E-state index in [4.69, 9.17) is 0 Å². The third kappa shape index (κ3) is 2.55. The van der Waals surface area contributed by atoms with E-state index in [1.165, 1.54) is 5.56 Å². The highest BCUT2D eigenvalue weighted by Gasteiger charge is 2.32. The normalized spacial score (nSPS) is 19.6. The van der Waals surface area contributed by atoms with Gasteiger partial charge in [-0.1, -0.05) is 13.0 Å². The van der Waals surface area contributed by atoms with E-state index in [0.29, 0.717) is 6.42 Å². The summed E-state index contributed by atoms with van der Waals surface area (Å²) in [6, 6.07) is 4.21. The quantitative estimate of drug-likeness (QED) is 0.734. The standard InChI is InChI=1S/C14H22N2O2/c1-2-14(9-17,10-18)16-12-7-3-5-11-6-4-8-15-13(11)12/h4,6,8,12,16-18H,2-3,5,7,9-10H2,1H3. The fraction of sp³-hybridized carbons (Fsp3) is 0.643. The van der Waals surface area contributed by atoms with Crippen LogP contribution >= 0.6 is 0 Å². The van der Waals surface area contributed by atoms with Gasteiger partial charge in [0.15, 0.2) is 0 Å². The molecule has 2 rings (SSSR count). The molecule has 0 amide bonds. The molecule has 0 saturated carbocycles. The average molecular weight is 250 g/mol. The summed E-state index contributed by atoms with van der Waals surface area (Å²) in [7, 11) is 0. The van der Waals surface area contributed by atoms with E-state index in [-0.39, 0.29) is 19.3 Å². The zero-order valence-electron chi connectivity index (χ0n) is 10.9. The van der Waals surface area contributed by atoms with E-state index in [9.17, 15) is 10.2 Å². The summed E-state index contributed by atoms with van der Waals surface area (Å²) in [5.74, 6) is 0. The molecule has 3 N–H and O–H groups in total. The smallest absolute Gasteiger partial charge is 0.0650 e. The highest BCUT2D eigenvalue weighted by Crippen LogP contribution is 2.30. The van der Waals surface area contributed by atoms with Crippen molar-refractivity contribution in [2.75, 3.05) is 13.2 Å². The Morgan fingerprint density at radius 2 is 2.22 bits per heavy atom. The Kier molecular flexibility index (Phi) is 4.32. The largest absolute Gasteiger partial charge is 0.394 e. The van der Waals surface area contributed by atoms with Crippen LogP contribution in [0.15, 0.2) is 18.3 Å². The Hall–Kier alpha value is -0.970. The Balaban J connectivity index is 2.20. The van der Waals surface area contributed by atoms with Gasteiger partial charge in [0.05, 0.1) is 30.5 Å². The van der Waals surface area contributed by atoms with Gasteiger partial charge in [0.25, 0.3) is 0 Å². The third-order valence-electron chi connectivity index (χ3n) is 3.96. The molecule has 1 aromatic heterocycles. The number of fused-ring (bicyclic) bond motifs is 1. The molecule has 0 spiro atoms. The van der Waals surface area contributed by atoms with E-state index in [2.05, 4.69) is 16.4 Å². The van der Waals surface area contributed by atoms with Crippen molar-refractivity contribution in [2.24, 2.45) is 0 Å². The second-order valence-electron chi connectivity index (χ2n) is 5.09. The topological polar surface area (TPSA) is 65.4 Å². The fourth-order valence-corrected chi connectivity index (χ4v) is 2.59. The SMILES string of the molecule is CCC(CO)(CO)NC1CCCc2cccnc21. The van der Waals surface area contributed by atoms with Crippen molar-refractivity contribution in [3.63, 3.8) is 0 Å². The molecule has 18 heavy (non-hydrogen) atoms. The Labute approximate surface area is 108 Å². The first-order chi connectivity index (χ1) is 8.74. The minimum atomic E-state index is -0.600. The minimum absolute atomic E-state index is 0.0569. The molecule has 1 aromatic rings. The predicted molar refractivity (Wildman–Crippen MR) is 70.2 cm³/mol. The minimum Gasteiger partial charge on any atom is -0.394 e. The summed E-state index contributed by atoms with van der Waals surface area (Å²) in [5, 5.41) is 22.4. The van der Waals surface area contributed by atoms with Crippen LogP contribution in [0, 0.1) is 0 Å². The molecular weight excluding hydrogens is 228 g/mol. The Bertz CT molecular complexity index is 383. The number of nitrogens with zero attached hydrogens (tertiary/aromatic N) is 1. The van der Waals surface area contributed by atoms with Crippen molar-refractivity contribution in [2.45, 2.75) is 44.2 Å². The summed E-state index contributed by atoms with van der Waals surface area (Å²) in [6.45, 7) is 1.86. The van der Waals surface area contributed by atoms with Crippen molar-refractivity contribution in [1.29, 1.82) is 0 Å². The number of pyridine rings is 1. The molecule has 1 aliphatic rings. The Morgan fingerprint density at radius 1 is 1.44 bits per heavy atom. The van der Waals surface area contributed by atoms with Gasteiger partial charge >= 0.3 is 0 Å². The molecule has 0 bridgehead atoms. The maximum absolute atomic E-state index is 9.51. The van der Waals surface area contributed by atoms with Crippen LogP contribution in [0.1, 0.15) is 43.5 Å². The lowest BCUT2D eigenvalue weighted by molar-refractivity contribution is 0.0746. The van der Waals surface area contributed by atoms with Gasteiger partial charge in [-0.2, -0.15) is 0 Å². The van der Waals surface area contributed by atoms with Gasteiger partial charge in [-0.25, -0.2) is 0 Å². The van der Waals surface area contributed by atoms with Crippen LogP contribution in [0.4, 0.5) is 0 Å². The Morgan fingerprint density at radius 3 is 2.89 bits per heavy atom. The van der Waals surface area contributed by atoms with Gasteiger partial charge in [-0.3, -0.25) is 10.3 Å². The van der Waals surface area contributed by atoms with Crippen molar-refractivity contribution in [1.82, 2.24) is 10.3 Å².